The van der Waals surface area contributed by atoms with Gasteiger partial charge in [-0.1, -0.05) is 20.3 Å². The number of nitrogens with zero attached hydrogens (tertiary/aromatic N) is 4. The van der Waals surface area contributed by atoms with Gasteiger partial charge in [-0.3, -0.25) is 9.36 Å². The van der Waals surface area contributed by atoms with Crippen LogP contribution in [-0.4, -0.2) is 47.9 Å². The summed E-state index contributed by atoms with van der Waals surface area (Å²) in [4.78, 5) is 23.4. The number of sulfone groups is 1. The molecule has 3 heterocycles. The number of piperidine rings is 1. The Morgan fingerprint density at radius 1 is 1.09 bits per heavy atom. The van der Waals surface area contributed by atoms with Crippen molar-refractivity contribution in [3.05, 3.63) is 70.7 Å². The first-order valence-electron chi connectivity index (χ1n) is 11.8. The lowest BCUT2D eigenvalue weighted by Gasteiger charge is -2.32. The normalized spacial score (nSPS) is 14.8. The zero-order valence-electron chi connectivity index (χ0n) is 19.9. The number of anilines is 1. The van der Waals surface area contributed by atoms with Crippen LogP contribution in [0.4, 0.5) is 10.3 Å². The summed E-state index contributed by atoms with van der Waals surface area (Å²) in [5.74, 6) is 0.0747. The molecule has 0 N–H and O–H groups in total. The molecule has 0 spiro atoms. The summed E-state index contributed by atoms with van der Waals surface area (Å²) in [6.07, 6.45) is 8.78. The Kier molecular flexibility index (Phi) is 7.49. The van der Waals surface area contributed by atoms with Crippen molar-refractivity contribution < 1.29 is 17.5 Å². The van der Waals surface area contributed by atoms with Crippen molar-refractivity contribution in [2.24, 2.45) is 0 Å². The van der Waals surface area contributed by atoms with Gasteiger partial charge in [0, 0.05) is 50.6 Å². The van der Waals surface area contributed by atoms with Crippen LogP contribution in [0.2, 0.25) is 0 Å². The zero-order chi connectivity index (χ0) is 25.0. The predicted molar refractivity (Wildman–Crippen MR) is 132 cm³/mol. The van der Waals surface area contributed by atoms with E-state index >= 15 is 0 Å². The lowest BCUT2D eigenvalue weighted by molar-refractivity contribution is 0.170. The molecule has 0 bridgehead atoms. The number of rotatable bonds is 8. The minimum Gasteiger partial charge on any atom is -0.490 e. The fourth-order valence-corrected chi connectivity index (χ4v) is 5.03. The van der Waals surface area contributed by atoms with Crippen molar-refractivity contribution in [1.82, 2.24) is 14.5 Å². The Balaban J connectivity index is 1.39. The van der Waals surface area contributed by atoms with Crippen LogP contribution in [0.15, 0.2) is 58.6 Å². The van der Waals surface area contributed by atoms with E-state index in [2.05, 4.69) is 21.8 Å². The van der Waals surface area contributed by atoms with Gasteiger partial charge < -0.3 is 9.64 Å². The van der Waals surface area contributed by atoms with Crippen LogP contribution in [0.1, 0.15) is 38.7 Å². The molecule has 0 atom stereocenters. The van der Waals surface area contributed by atoms with E-state index in [1.807, 2.05) is 12.4 Å². The molecule has 2 aromatic heterocycles. The molecule has 0 radical (unpaired) electrons. The highest BCUT2D eigenvalue weighted by atomic mass is 32.2. The Labute approximate surface area is 204 Å². The van der Waals surface area contributed by atoms with Gasteiger partial charge >= 0.3 is 0 Å². The van der Waals surface area contributed by atoms with Gasteiger partial charge in [-0.05, 0) is 36.2 Å². The number of halogens is 1. The maximum atomic E-state index is 14.4. The lowest BCUT2D eigenvalue weighted by atomic mass is 10.1. The van der Waals surface area contributed by atoms with Crippen molar-refractivity contribution in [3.8, 4) is 11.4 Å². The number of hydrogen-bond acceptors (Lipinski definition) is 7. The number of aromatic nitrogens is 3. The first-order chi connectivity index (χ1) is 16.8. The van der Waals surface area contributed by atoms with Crippen molar-refractivity contribution >= 4 is 15.8 Å². The molecule has 1 aliphatic heterocycles. The van der Waals surface area contributed by atoms with Gasteiger partial charge in [0.1, 0.15) is 22.6 Å². The monoisotopic (exact) mass is 500 g/mol. The minimum atomic E-state index is -3.68. The van der Waals surface area contributed by atoms with Gasteiger partial charge in [-0.15, -0.1) is 0 Å². The van der Waals surface area contributed by atoms with Crippen LogP contribution in [0.5, 0.6) is 5.75 Å². The summed E-state index contributed by atoms with van der Waals surface area (Å²) >= 11 is 0. The molecule has 35 heavy (non-hydrogen) atoms. The highest BCUT2D eigenvalue weighted by Gasteiger charge is 2.23. The highest BCUT2D eigenvalue weighted by molar-refractivity contribution is 7.91. The summed E-state index contributed by atoms with van der Waals surface area (Å²) in [5, 5.41) is 0. The lowest BCUT2D eigenvalue weighted by Crippen LogP contribution is -2.39. The average molecular weight is 501 g/mol. The number of hydrogen-bond donors (Lipinski definition) is 0. The quantitative estimate of drug-likeness (QED) is 0.467. The van der Waals surface area contributed by atoms with Crippen molar-refractivity contribution in [2.75, 3.05) is 23.7 Å². The minimum absolute atomic E-state index is 0.0446. The summed E-state index contributed by atoms with van der Waals surface area (Å²) in [7, 11) is -3.68. The second kappa shape index (κ2) is 10.6. The molecule has 4 rings (SSSR count). The standard InChI is InChI=1S/C25H29FN4O4S/c1-3-5-18-16-27-25(28-17-18)29-11-8-20(9-12-29)34-21-10-13-30(24(31)15-21)19-6-7-23(22(26)14-19)35(32,33)4-2/h6-7,10,13-17,20H,3-5,8-9,11-12H2,1-2H3. The van der Waals surface area contributed by atoms with E-state index in [9.17, 15) is 17.6 Å². The number of ether oxygens (including phenoxy) is 1. The largest absolute Gasteiger partial charge is 0.490 e. The molecule has 1 aromatic carbocycles. The fraction of sp³-hybridized carbons (Fsp3) is 0.400. The maximum Gasteiger partial charge on any atom is 0.258 e. The van der Waals surface area contributed by atoms with Gasteiger partial charge in [-0.25, -0.2) is 22.8 Å². The van der Waals surface area contributed by atoms with E-state index in [1.54, 1.807) is 6.07 Å². The second-order valence-electron chi connectivity index (χ2n) is 8.53. The first-order valence-corrected chi connectivity index (χ1v) is 13.4. The van der Waals surface area contributed by atoms with Crippen molar-refractivity contribution in [3.63, 3.8) is 0 Å². The molecule has 8 nitrogen and oxygen atoms in total. The Morgan fingerprint density at radius 3 is 2.40 bits per heavy atom. The average Bonchev–Trinajstić information content (AvgIpc) is 2.85. The van der Waals surface area contributed by atoms with E-state index in [4.69, 9.17) is 4.74 Å². The van der Waals surface area contributed by atoms with E-state index in [0.29, 0.717) is 5.75 Å². The molecule has 0 saturated carbocycles. The third-order valence-electron chi connectivity index (χ3n) is 6.06. The summed E-state index contributed by atoms with van der Waals surface area (Å²) in [5.41, 5.74) is 0.979. The van der Waals surface area contributed by atoms with Gasteiger partial charge in [0.05, 0.1) is 11.4 Å². The van der Waals surface area contributed by atoms with Crippen LogP contribution in [0, 0.1) is 5.82 Å². The molecule has 1 aliphatic rings. The maximum absolute atomic E-state index is 14.4. The smallest absolute Gasteiger partial charge is 0.258 e. The third kappa shape index (κ3) is 5.70. The Hall–Kier alpha value is -3.27. The molecular formula is C25H29FN4O4S. The third-order valence-corrected chi connectivity index (χ3v) is 7.82. The second-order valence-corrected chi connectivity index (χ2v) is 10.8. The fourth-order valence-electron chi connectivity index (χ4n) is 4.09. The predicted octanol–water partition coefficient (Wildman–Crippen LogP) is 3.56. The molecule has 1 fully saturated rings. The van der Waals surface area contributed by atoms with Crippen LogP contribution < -0.4 is 15.2 Å². The van der Waals surface area contributed by atoms with E-state index in [1.165, 1.54) is 35.9 Å². The number of pyridine rings is 1. The number of benzene rings is 1. The van der Waals surface area contributed by atoms with Gasteiger partial charge in [0.25, 0.3) is 5.56 Å². The Bertz CT molecular complexity index is 1330. The van der Waals surface area contributed by atoms with Crippen LogP contribution in [-0.2, 0) is 16.3 Å². The molecule has 0 aliphatic carbocycles. The van der Waals surface area contributed by atoms with E-state index < -0.39 is 21.2 Å². The topological polar surface area (TPSA) is 94.4 Å². The van der Waals surface area contributed by atoms with E-state index in [-0.39, 0.29) is 22.4 Å². The molecule has 10 heteroatoms. The van der Waals surface area contributed by atoms with Crippen molar-refractivity contribution in [2.45, 2.75) is 50.5 Å². The summed E-state index contributed by atoms with van der Waals surface area (Å²) in [6.45, 7) is 5.08. The SMILES string of the molecule is CCCc1cnc(N2CCC(Oc3ccn(-c4ccc(S(=O)(=O)CC)c(F)c4)c(=O)c3)CC2)nc1. The van der Waals surface area contributed by atoms with Crippen molar-refractivity contribution in [1.29, 1.82) is 0 Å². The van der Waals surface area contributed by atoms with Crippen LogP contribution in [0.3, 0.4) is 0 Å². The zero-order valence-corrected chi connectivity index (χ0v) is 20.7. The number of aryl methyl sites for hydroxylation is 1. The molecule has 0 amide bonds. The van der Waals surface area contributed by atoms with E-state index in [0.717, 1.165) is 56.4 Å². The van der Waals surface area contributed by atoms with Gasteiger partial charge in [0.2, 0.25) is 5.95 Å². The molecule has 1 saturated heterocycles. The molecular weight excluding hydrogens is 471 g/mol. The Morgan fingerprint density at radius 2 is 1.80 bits per heavy atom. The molecule has 0 unspecified atom stereocenters. The van der Waals surface area contributed by atoms with Gasteiger partial charge in [0.15, 0.2) is 9.84 Å². The van der Waals surface area contributed by atoms with Crippen LogP contribution >= 0.6 is 0 Å². The van der Waals surface area contributed by atoms with Gasteiger partial charge in [-0.2, -0.15) is 0 Å². The first kappa shape index (κ1) is 24.8. The summed E-state index contributed by atoms with van der Waals surface area (Å²) < 4.78 is 45.6. The molecule has 186 valence electrons. The van der Waals surface area contributed by atoms with Crippen LogP contribution in [0.25, 0.3) is 5.69 Å². The molecule has 3 aromatic rings. The highest BCUT2D eigenvalue weighted by Crippen LogP contribution is 2.22. The summed E-state index contributed by atoms with van der Waals surface area (Å²) in [6, 6.07) is 6.67.